The zero-order valence-corrected chi connectivity index (χ0v) is 10.7. The van der Waals surface area contributed by atoms with Crippen LogP contribution in [0.2, 0.25) is 0 Å². The van der Waals surface area contributed by atoms with Crippen LogP contribution < -0.4 is 0 Å². The number of hydrogen-bond acceptors (Lipinski definition) is 4. The van der Waals surface area contributed by atoms with Crippen LogP contribution in [0.4, 0.5) is 0 Å². The number of hydrogen-bond donors (Lipinski definition) is 1. The van der Waals surface area contributed by atoms with Crippen molar-refractivity contribution in [3.63, 3.8) is 0 Å². The van der Waals surface area contributed by atoms with Gasteiger partial charge in [-0.3, -0.25) is 4.79 Å². The summed E-state index contributed by atoms with van der Waals surface area (Å²) in [6.45, 7) is 0. The van der Waals surface area contributed by atoms with E-state index < -0.39 is 5.97 Å². The minimum absolute atomic E-state index is 0.0383. The van der Waals surface area contributed by atoms with E-state index in [-0.39, 0.29) is 5.75 Å². The van der Waals surface area contributed by atoms with Gasteiger partial charge in [-0.15, -0.1) is 0 Å². The van der Waals surface area contributed by atoms with Crippen molar-refractivity contribution in [3.05, 3.63) is 5.82 Å². The molecular weight excluding hydrogens is 238 g/mol. The van der Waals surface area contributed by atoms with Gasteiger partial charge in [0.1, 0.15) is 0 Å². The van der Waals surface area contributed by atoms with E-state index in [2.05, 4.69) is 10.1 Å². The van der Waals surface area contributed by atoms with E-state index in [1.54, 1.807) is 4.68 Å². The average molecular weight is 255 g/mol. The van der Waals surface area contributed by atoms with Crippen molar-refractivity contribution < 1.29 is 9.90 Å². The van der Waals surface area contributed by atoms with Crippen LogP contribution >= 0.6 is 11.8 Å². The van der Waals surface area contributed by atoms with E-state index >= 15 is 0 Å². The first-order valence-electron chi connectivity index (χ1n) is 5.92. The number of carboxylic acid groups (broad SMARTS) is 1. The highest BCUT2D eigenvalue weighted by Crippen LogP contribution is 2.31. The van der Waals surface area contributed by atoms with Crippen LogP contribution in [0, 0.1) is 0 Å². The minimum Gasteiger partial charge on any atom is -0.481 e. The largest absolute Gasteiger partial charge is 0.481 e. The van der Waals surface area contributed by atoms with Crippen LogP contribution in [0.25, 0.3) is 0 Å². The van der Waals surface area contributed by atoms with Crippen LogP contribution in [0.3, 0.4) is 0 Å². The van der Waals surface area contributed by atoms with E-state index in [9.17, 15) is 4.79 Å². The van der Waals surface area contributed by atoms with Crippen molar-refractivity contribution in [2.24, 2.45) is 7.05 Å². The fourth-order valence-electron chi connectivity index (χ4n) is 2.17. The summed E-state index contributed by atoms with van der Waals surface area (Å²) in [5.41, 5.74) is 0. The predicted octanol–water partition coefficient (Wildman–Crippen LogP) is 2.04. The third kappa shape index (κ3) is 3.21. The Morgan fingerprint density at radius 2 is 2.18 bits per heavy atom. The van der Waals surface area contributed by atoms with Gasteiger partial charge in [0.05, 0.1) is 5.75 Å². The molecule has 0 bridgehead atoms. The maximum absolute atomic E-state index is 10.5. The van der Waals surface area contributed by atoms with Gasteiger partial charge in [-0.25, -0.2) is 9.67 Å². The lowest BCUT2D eigenvalue weighted by Crippen LogP contribution is -2.06. The Morgan fingerprint density at radius 3 is 2.82 bits per heavy atom. The van der Waals surface area contributed by atoms with Gasteiger partial charge in [0.15, 0.2) is 11.0 Å². The molecule has 1 aromatic rings. The molecule has 1 aliphatic carbocycles. The van der Waals surface area contributed by atoms with Crippen LogP contribution in [-0.2, 0) is 11.8 Å². The zero-order chi connectivity index (χ0) is 12.3. The quantitative estimate of drug-likeness (QED) is 0.834. The summed E-state index contributed by atoms with van der Waals surface area (Å²) in [4.78, 5) is 15.0. The summed E-state index contributed by atoms with van der Waals surface area (Å²) in [5.74, 6) is 0.572. The summed E-state index contributed by atoms with van der Waals surface area (Å²) in [5, 5.41) is 13.7. The van der Waals surface area contributed by atoms with Gasteiger partial charge in [-0.05, 0) is 12.8 Å². The first kappa shape index (κ1) is 12.4. The van der Waals surface area contributed by atoms with E-state index in [1.807, 2.05) is 7.05 Å². The number of aliphatic carboxylic acids is 1. The molecule has 0 amide bonds. The van der Waals surface area contributed by atoms with E-state index in [4.69, 9.17) is 5.11 Å². The predicted molar refractivity (Wildman–Crippen MR) is 65.2 cm³/mol. The molecule has 17 heavy (non-hydrogen) atoms. The fourth-order valence-corrected chi connectivity index (χ4v) is 2.81. The van der Waals surface area contributed by atoms with Gasteiger partial charge in [-0.1, -0.05) is 31.0 Å². The molecule has 6 heteroatoms. The van der Waals surface area contributed by atoms with Gasteiger partial charge in [0, 0.05) is 13.0 Å². The molecular formula is C11H17N3O2S. The molecule has 0 atom stereocenters. The number of carbonyl (C=O) groups is 1. The Bertz CT molecular complexity index is 399. The Balaban J connectivity index is 2.03. The molecule has 5 nitrogen and oxygen atoms in total. The molecule has 1 fully saturated rings. The molecule has 2 rings (SSSR count). The molecule has 1 N–H and O–H groups in total. The minimum atomic E-state index is -0.822. The van der Waals surface area contributed by atoms with Crippen molar-refractivity contribution in [2.75, 3.05) is 5.75 Å². The number of aryl methyl sites for hydroxylation is 1. The molecule has 1 heterocycles. The summed E-state index contributed by atoms with van der Waals surface area (Å²) in [6, 6.07) is 0. The Kier molecular flexibility index (Phi) is 4.04. The lowest BCUT2D eigenvalue weighted by Gasteiger charge is -2.18. The first-order valence-corrected chi connectivity index (χ1v) is 6.91. The third-order valence-corrected chi connectivity index (χ3v) is 4.04. The van der Waals surface area contributed by atoms with E-state index in [0.29, 0.717) is 11.1 Å². The van der Waals surface area contributed by atoms with Gasteiger partial charge in [0.25, 0.3) is 0 Å². The van der Waals surface area contributed by atoms with Gasteiger partial charge < -0.3 is 5.11 Å². The summed E-state index contributed by atoms with van der Waals surface area (Å²) in [7, 11) is 1.82. The Hall–Kier alpha value is -1.04. The maximum atomic E-state index is 10.5. The second kappa shape index (κ2) is 5.53. The molecule has 0 aromatic carbocycles. The Morgan fingerprint density at radius 1 is 1.47 bits per heavy atom. The van der Waals surface area contributed by atoms with Crippen molar-refractivity contribution >= 4 is 17.7 Å². The van der Waals surface area contributed by atoms with Gasteiger partial charge >= 0.3 is 5.97 Å². The van der Waals surface area contributed by atoms with Crippen LogP contribution in [-0.4, -0.2) is 31.6 Å². The molecule has 1 aromatic heterocycles. The van der Waals surface area contributed by atoms with Crippen LogP contribution in [0.1, 0.15) is 43.8 Å². The van der Waals surface area contributed by atoms with Gasteiger partial charge in [-0.2, -0.15) is 5.10 Å². The third-order valence-electron chi connectivity index (χ3n) is 3.03. The second-order valence-corrected chi connectivity index (χ2v) is 5.34. The molecule has 1 aliphatic rings. The number of thioether (sulfide) groups is 1. The van der Waals surface area contributed by atoms with Crippen LogP contribution in [0.15, 0.2) is 5.16 Å². The van der Waals surface area contributed by atoms with Crippen molar-refractivity contribution in [1.82, 2.24) is 14.8 Å². The highest BCUT2D eigenvalue weighted by molar-refractivity contribution is 7.99. The van der Waals surface area contributed by atoms with E-state index in [0.717, 1.165) is 18.7 Å². The normalized spacial score (nSPS) is 17.2. The fraction of sp³-hybridized carbons (Fsp3) is 0.727. The lowest BCUT2D eigenvalue weighted by molar-refractivity contribution is -0.133. The molecule has 0 unspecified atom stereocenters. The molecule has 0 radical (unpaired) electrons. The number of aromatic nitrogens is 3. The second-order valence-electron chi connectivity index (χ2n) is 4.39. The topological polar surface area (TPSA) is 68.0 Å². The van der Waals surface area contributed by atoms with Crippen LogP contribution in [0.5, 0.6) is 0 Å². The highest BCUT2D eigenvalue weighted by atomic mass is 32.2. The summed E-state index contributed by atoms with van der Waals surface area (Å²) in [6.07, 6.45) is 6.13. The SMILES string of the molecule is Cn1nc(C2CCCCC2)nc1SCC(=O)O. The highest BCUT2D eigenvalue weighted by Gasteiger charge is 2.21. The summed E-state index contributed by atoms with van der Waals surface area (Å²) < 4.78 is 1.69. The number of carboxylic acids is 1. The standard InChI is InChI=1S/C11H17N3O2S/c1-14-11(17-7-9(15)16)12-10(13-14)8-5-3-2-4-6-8/h8H,2-7H2,1H3,(H,15,16). The molecule has 0 aliphatic heterocycles. The lowest BCUT2D eigenvalue weighted by atomic mass is 9.89. The monoisotopic (exact) mass is 255 g/mol. The maximum Gasteiger partial charge on any atom is 0.313 e. The Labute approximate surface area is 105 Å². The smallest absolute Gasteiger partial charge is 0.313 e. The molecule has 0 spiro atoms. The zero-order valence-electron chi connectivity index (χ0n) is 9.93. The molecule has 94 valence electrons. The van der Waals surface area contributed by atoms with Crippen molar-refractivity contribution in [1.29, 1.82) is 0 Å². The van der Waals surface area contributed by atoms with E-state index in [1.165, 1.54) is 31.0 Å². The van der Waals surface area contributed by atoms with Crippen molar-refractivity contribution in [2.45, 2.75) is 43.2 Å². The average Bonchev–Trinajstić information content (AvgIpc) is 2.69. The number of rotatable bonds is 4. The number of nitrogens with zero attached hydrogens (tertiary/aromatic N) is 3. The first-order chi connectivity index (χ1) is 8.16. The molecule has 0 saturated heterocycles. The van der Waals surface area contributed by atoms with Gasteiger partial charge in [0.2, 0.25) is 0 Å². The summed E-state index contributed by atoms with van der Waals surface area (Å²) >= 11 is 1.23. The van der Waals surface area contributed by atoms with Crippen molar-refractivity contribution in [3.8, 4) is 0 Å². The molecule has 1 saturated carbocycles.